The van der Waals surface area contributed by atoms with Crippen LogP contribution in [-0.4, -0.2) is 37.1 Å². The van der Waals surface area contributed by atoms with E-state index in [1.165, 1.54) is 0 Å². The lowest BCUT2D eigenvalue weighted by Crippen LogP contribution is -2.48. The Morgan fingerprint density at radius 2 is 2.24 bits per heavy atom. The molecule has 8 heteroatoms. The van der Waals surface area contributed by atoms with Crippen LogP contribution in [0.2, 0.25) is 0 Å². The van der Waals surface area contributed by atoms with Gasteiger partial charge in [-0.05, 0) is 38.3 Å². The molecule has 0 saturated carbocycles. The van der Waals surface area contributed by atoms with Gasteiger partial charge in [0.2, 0.25) is 0 Å². The molecule has 2 aliphatic rings. The van der Waals surface area contributed by atoms with Crippen LogP contribution in [0.3, 0.4) is 0 Å². The highest BCUT2D eigenvalue weighted by Crippen LogP contribution is 2.19. The molecule has 1 aromatic rings. The fraction of sp³-hybridized carbons (Fsp3) is 0.769. The second-order valence-corrected chi connectivity index (χ2v) is 7.50. The van der Waals surface area contributed by atoms with Crippen molar-refractivity contribution in [2.75, 3.05) is 13.1 Å². The van der Waals surface area contributed by atoms with Gasteiger partial charge in [-0.2, -0.15) is 0 Å². The maximum Gasteiger partial charge on any atom is 0.259 e. The molecular formula is C13H23ClN4O2S. The van der Waals surface area contributed by atoms with Gasteiger partial charge in [0.15, 0.2) is 5.03 Å². The number of aryl methyl sites for hydroxylation is 2. The van der Waals surface area contributed by atoms with Gasteiger partial charge in [-0.1, -0.05) is 6.92 Å². The lowest BCUT2D eigenvalue weighted by atomic mass is 9.97. The van der Waals surface area contributed by atoms with Crippen molar-refractivity contribution in [1.82, 2.24) is 19.6 Å². The van der Waals surface area contributed by atoms with Crippen molar-refractivity contribution in [1.29, 1.82) is 0 Å². The standard InChI is InChI=1S/C13H22N4O2S.ClH/c1-10-8-14-6-5-11(10)16-20(18,19)13-9-17-7-3-2-4-12(17)15-13;/h9-11,14,16H,2-8H2,1H3;1H. The number of sulfonamides is 1. The molecule has 2 unspecified atom stereocenters. The first-order valence-corrected chi connectivity index (χ1v) is 8.84. The maximum atomic E-state index is 12.5. The van der Waals surface area contributed by atoms with Gasteiger partial charge in [0.05, 0.1) is 0 Å². The predicted octanol–water partition coefficient (Wildman–Crippen LogP) is 0.917. The maximum absolute atomic E-state index is 12.5. The van der Waals surface area contributed by atoms with Crippen molar-refractivity contribution in [3.8, 4) is 0 Å². The van der Waals surface area contributed by atoms with Gasteiger partial charge in [-0.25, -0.2) is 18.1 Å². The number of fused-ring (bicyclic) bond motifs is 1. The van der Waals surface area contributed by atoms with Crippen molar-refractivity contribution < 1.29 is 8.42 Å². The quantitative estimate of drug-likeness (QED) is 0.861. The lowest BCUT2D eigenvalue weighted by Gasteiger charge is -2.29. The Morgan fingerprint density at radius 3 is 2.95 bits per heavy atom. The molecule has 2 atom stereocenters. The second-order valence-electron chi connectivity index (χ2n) is 5.84. The average molecular weight is 335 g/mol. The Hall–Kier alpha value is -0.630. The average Bonchev–Trinajstić information content (AvgIpc) is 2.86. The summed E-state index contributed by atoms with van der Waals surface area (Å²) in [5.41, 5.74) is 0. The SMILES string of the molecule is CC1CNCCC1NS(=O)(=O)c1cn2c(n1)CCCC2.Cl. The molecule has 6 nitrogen and oxygen atoms in total. The van der Waals surface area contributed by atoms with E-state index in [0.717, 1.165) is 51.1 Å². The Bertz CT molecular complexity index is 563. The van der Waals surface area contributed by atoms with E-state index < -0.39 is 10.0 Å². The molecule has 0 bridgehead atoms. The van der Waals surface area contributed by atoms with E-state index >= 15 is 0 Å². The molecule has 0 spiro atoms. The summed E-state index contributed by atoms with van der Waals surface area (Å²) in [6.07, 6.45) is 5.58. The van der Waals surface area contributed by atoms with Crippen LogP contribution in [0.25, 0.3) is 0 Å². The minimum absolute atomic E-state index is 0. The summed E-state index contributed by atoms with van der Waals surface area (Å²) in [4.78, 5) is 4.31. The molecule has 0 radical (unpaired) electrons. The van der Waals surface area contributed by atoms with Crippen molar-refractivity contribution in [2.24, 2.45) is 5.92 Å². The highest BCUT2D eigenvalue weighted by molar-refractivity contribution is 7.89. The molecule has 1 fully saturated rings. The van der Waals surface area contributed by atoms with Crippen molar-refractivity contribution in [2.45, 2.75) is 50.2 Å². The summed E-state index contributed by atoms with van der Waals surface area (Å²) in [5, 5.41) is 3.46. The van der Waals surface area contributed by atoms with Crippen molar-refractivity contribution in [3.63, 3.8) is 0 Å². The van der Waals surface area contributed by atoms with E-state index in [2.05, 4.69) is 21.9 Å². The predicted molar refractivity (Wildman–Crippen MR) is 83.2 cm³/mol. The molecule has 2 aliphatic heterocycles. The number of imidazole rings is 1. The summed E-state index contributed by atoms with van der Waals surface area (Å²) >= 11 is 0. The topological polar surface area (TPSA) is 76.0 Å². The zero-order valence-corrected chi connectivity index (χ0v) is 13.8. The minimum Gasteiger partial charge on any atom is -0.333 e. The molecule has 0 aliphatic carbocycles. The Labute approximate surface area is 132 Å². The number of hydrogen-bond acceptors (Lipinski definition) is 4. The number of halogens is 1. The summed E-state index contributed by atoms with van der Waals surface area (Å²) in [6.45, 7) is 4.66. The lowest BCUT2D eigenvalue weighted by molar-refractivity contribution is 0.328. The Morgan fingerprint density at radius 1 is 1.43 bits per heavy atom. The van der Waals surface area contributed by atoms with Gasteiger partial charge in [-0.3, -0.25) is 0 Å². The Kier molecular flexibility index (Phi) is 5.29. The molecular weight excluding hydrogens is 312 g/mol. The van der Waals surface area contributed by atoms with Crippen LogP contribution in [0.1, 0.15) is 32.0 Å². The number of rotatable bonds is 3. The molecule has 3 rings (SSSR count). The third kappa shape index (κ3) is 3.59. The fourth-order valence-corrected chi connectivity index (χ4v) is 4.33. The monoisotopic (exact) mass is 334 g/mol. The molecule has 0 amide bonds. The van der Waals surface area contributed by atoms with Gasteiger partial charge in [0.1, 0.15) is 5.82 Å². The van der Waals surface area contributed by atoms with E-state index in [-0.39, 0.29) is 23.5 Å². The molecule has 21 heavy (non-hydrogen) atoms. The highest BCUT2D eigenvalue weighted by atomic mass is 35.5. The van der Waals surface area contributed by atoms with Crippen LogP contribution in [0.4, 0.5) is 0 Å². The van der Waals surface area contributed by atoms with Crippen molar-refractivity contribution >= 4 is 22.4 Å². The van der Waals surface area contributed by atoms with Crippen LogP contribution >= 0.6 is 12.4 Å². The number of hydrogen-bond donors (Lipinski definition) is 2. The molecule has 1 aromatic heterocycles. The molecule has 2 N–H and O–H groups in total. The first-order chi connectivity index (χ1) is 9.56. The summed E-state index contributed by atoms with van der Waals surface area (Å²) < 4.78 is 29.7. The van der Waals surface area contributed by atoms with Crippen LogP contribution in [-0.2, 0) is 23.0 Å². The number of piperidine rings is 1. The van der Waals surface area contributed by atoms with Crippen LogP contribution in [0.5, 0.6) is 0 Å². The Balaban J connectivity index is 0.00000161. The fourth-order valence-electron chi connectivity index (χ4n) is 2.96. The molecule has 1 saturated heterocycles. The van der Waals surface area contributed by atoms with Gasteiger partial charge in [0.25, 0.3) is 10.0 Å². The van der Waals surface area contributed by atoms with E-state index in [4.69, 9.17) is 0 Å². The largest absolute Gasteiger partial charge is 0.333 e. The minimum atomic E-state index is -3.50. The van der Waals surface area contributed by atoms with Gasteiger partial charge in [-0.15, -0.1) is 12.4 Å². The summed E-state index contributed by atoms with van der Waals surface area (Å²) in [6, 6.07) is -0.0000203. The van der Waals surface area contributed by atoms with Crippen LogP contribution in [0, 0.1) is 5.92 Å². The van der Waals surface area contributed by atoms with Crippen LogP contribution in [0.15, 0.2) is 11.2 Å². The van der Waals surface area contributed by atoms with Crippen LogP contribution < -0.4 is 10.0 Å². The van der Waals surface area contributed by atoms with E-state index in [1.54, 1.807) is 6.20 Å². The number of nitrogens with one attached hydrogen (secondary N) is 2. The third-order valence-corrected chi connectivity index (χ3v) is 5.61. The zero-order chi connectivity index (χ0) is 14.2. The smallest absolute Gasteiger partial charge is 0.259 e. The molecule has 120 valence electrons. The zero-order valence-electron chi connectivity index (χ0n) is 12.2. The third-order valence-electron chi connectivity index (χ3n) is 4.25. The van der Waals surface area contributed by atoms with Gasteiger partial charge >= 0.3 is 0 Å². The molecule has 0 aromatic carbocycles. The van der Waals surface area contributed by atoms with E-state index in [9.17, 15) is 8.42 Å². The first kappa shape index (κ1) is 16.7. The number of nitrogens with zero attached hydrogens (tertiary/aromatic N) is 2. The number of aromatic nitrogens is 2. The van der Waals surface area contributed by atoms with Gasteiger partial charge < -0.3 is 9.88 Å². The van der Waals surface area contributed by atoms with Gasteiger partial charge in [0, 0.05) is 25.2 Å². The molecule has 3 heterocycles. The second kappa shape index (κ2) is 6.64. The normalized spacial score (nSPS) is 26.0. The van der Waals surface area contributed by atoms with Crippen molar-refractivity contribution in [3.05, 3.63) is 12.0 Å². The van der Waals surface area contributed by atoms with E-state index in [1.807, 2.05) is 4.57 Å². The summed E-state index contributed by atoms with van der Waals surface area (Å²) in [5.74, 6) is 1.20. The first-order valence-electron chi connectivity index (χ1n) is 7.35. The highest BCUT2D eigenvalue weighted by Gasteiger charge is 2.29. The summed E-state index contributed by atoms with van der Waals surface area (Å²) in [7, 11) is -3.50. The van der Waals surface area contributed by atoms with E-state index in [0.29, 0.717) is 5.92 Å².